The third kappa shape index (κ3) is 4.06. The largest absolute Gasteiger partial charge is 0.347 e. The van der Waals surface area contributed by atoms with E-state index in [1.165, 1.54) is 0 Å². The van der Waals surface area contributed by atoms with Gasteiger partial charge in [0.1, 0.15) is 0 Å². The van der Waals surface area contributed by atoms with Gasteiger partial charge in [-0.2, -0.15) is 4.98 Å². The fraction of sp³-hybridized carbons (Fsp3) is 0.357. The predicted molar refractivity (Wildman–Crippen MR) is 76.0 cm³/mol. The maximum atomic E-state index is 11.5. The second-order valence-electron chi connectivity index (χ2n) is 4.89. The molecule has 0 saturated heterocycles. The van der Waals surface area contributed by atoms with E-state index in [4.69, 9.17) is 16.1 Å². The van der Waals surface area contributed by atoms with E-state index in [2.05, 4.69) is 15.5 Å². The van der Waals surface area contributed by atoms with Gasteiger partial charge in [-0.25, -0.2) is 0 Å². The first-order chi connectivity index (χ1) is 9.54. The van der Waals surface area contributed by atoms with Gasteiger partial charge in [0.15, 0.2) is 0 Å². The van der Waals surface area contributed by atoms with Gasteiger partial charge < -0.3 is 9.84 Å². The minimum Gasteiger partial charge on any atom is -0.347 e. The Kier molecular flexibility index (Phi) is 4.74. The highest BCUT2D eigenvalue weighted by Gasteiger charge is 2.10. The van der Waals surface area contributed by atoms with E-state index in [1.807, 2.05) is 26.0 Å². The molecule has 106 valence electrons. The number of hydrogen-bond donors (Lipinski definition) is 1. The van der Waals surface area contributed by atoms with Crippen molar-refractivity contribution in [1.29, 1.82) is 0 Å². The minimum absolute atomic E-state index is 0.0220. The van der Waals surface area contributed by atoms with Crippen LogP contribution in [0.3, 0.4) is 0 Å². The van der Waals surface area contributed by atoms with Gasteiger partial charge in [-0.05, 0) is 30.2 Å². The topological polar surface area (TPSA) is 68.0 Å². The maximum absolute atomic E-state index is 11.5. The molecule has 0 saturated carbocycles. The number of carbonyl (C=O) groups is 1. The van der Waals surface area contributed by atoms with Crippen molar-refractivity contribution >= 4 is 17.5 Å². The summed E-state index contributed by atoms with van der Waals surface area (Å²) in [6.45, 7) is 4.22. The number of aromatic nitrogens is 2. The number of hydrogen-bond acceptors (Lipinski definition) is 4. The zero-order valence-corrected chi connectivity index (χ0v) is 12.1. The molecule has 20 heavy (non-hydrogen) atoms. The van der Waals surface area contributed by atoms with Gasteiger partial charge in [-0.1, -0.05) is 30.6 Å². The molecule has 0 bridgehead atoms. The van der Waals surface area contributed by atoms with Gasteiger partial charge >= 0.3 is 0 Å². The SMILES string of the molecule is CC(C)CC(=O)NCc1nc(-c2ccc(Cl)cc2)no1. The van der Waals surface area contributed by atoms with Crippen molar-refractivity contribution in [2.75, 3.05) is 0 Å². The molecule has 0 aliphatic heterocycles. The van der Waals surface area contributed by atoms with Crippen LogP contribution in [-0.2, 0) is 11.3 Å². The summed E-state index contributed by atoms with van der Waals surface area (Å²) >= 11 is 5.82. The number of rotatable bonds is 5. The van der Waals surface area contributed by atoms with Crippen molar-refractivity contribution < 1.29 is 9.32 Å². The summed E-state index contributed by atoms with van der Waals surface area (Å²) in [4.78, 5) is 15.8. The average molecular weight is 294 g/mol. The molecule has 2 rings (SSSR count). The first-order valence-corrected chi connectivity index (χ1v) is 6.77. The van der Waals surface area contributed by atoms with Crippen LogP contribution in [0, 0.1) is 5.92 Å². The Labute approximate surface area is 122 Å². The summed E-state index contributed by atoms with van der Waals surface area (Å²) in [5.41, 5.74) is 0.818. The molecule has 1 heterocycles. The summed E-state index contributed by atoms with van der Waals surface area (Å²) in [6.07, 6.45) is 0.484. The van der Waals surface area contributed by atoms with Crippen LogP contribution in [-0.4, -0.2) is 16.0 Å². The van der Waals surface area contributed by atoms with Crippen LogP contribution in [0.25, 0.3) is 11.4 Å². The van der Waals surface area contributed by atoms with Gasteiger partial charge in [0.25, 0.3) is 0 Å². The van der Waals surface area contributed by atoms with Crippen molar-refractivity contribution in [3.8, 4) is 11.4 Å². The summed E-state index contributed by atoms with van der Waals surface area (Å²) in [5.74, 6) is 1.16. The van der Waals surface area contributed by atoms with E-state index in [9.17, 15) is 4.79 Å². The molecule has 0 aliphatic rings. The Morgan fingerprint density at radius 3 is 2.70 bits per heavy atom. The molecule has 0 aliphatic carbocycles. The van der Waals surface area contributed by atoms with E-state index < -0.39 is 0 Å². The lowest BCUT2D eigenvalue weighted by atomic mass is 10.1. The van der Waals surface area contributed by atoms with Crippen LogP contribution in [0.1, 0.15) is 26.2 Å². The number of nitrogens with one attached hydrogen (secondary N) is 1. The lowest BCUT2D eigenvalue weighted by Crippen LogP contribution is -2.24. The van der Waals surface area contributed by atoms with Crippen molar-refractivity contribution in [3.05, 3.63) is 35.2 Å². The Bertz CT molecular complexity index is 578. The molecule has 1 amide bonds. The van der Waals surface area contributed by atoms with Crippen molar-refractivity contribution in [2.45, 2.75) is 26.8 Å². The highest BCUT2D eigenvalue weighted by atomic mass is 35.5. The first kappa shape index (κ1) is 14.5. The smallest absolute Gasteiger partial charge is 0.246 e. The van der Waals surface area contributed by atoms with Crippen LogP contribution in [0.2, 0.25) is 5.02 Å². The van der Waals surface area contributed by atoms with E-state index >= 15 is 0 Å². The lowest BCUT2D eigenvalue weighted by molar-refractivity contribution is -0.122. The van der Waals surface area contributed by atoms with Crippen LogP contribution in [0.15, 0.2) is 28.8 Å². The van der Waals surface area contributed by atoms with Gasteiger partial charge in [0.05, 0.1) is 6.54 Å². The Hall–Kier alpha value is -1.88. The van der Waals surface area contributed by atoms with E-state index in [0.29, 0.717) is 29.1 Å². The van der Waals surface area contributed by atoms with Crippen molar-refractivity contribution in [3.63, 3.8) is 0 Å². The molecule has 2 aromatic rings. The molecule has 0 radical (unpaired) electrons. The molecular formula is C14H16ClN3O2. The lowest BCUT2D eigenvalue weighted by Gasteiger charge is -2.04. The summed E-state index contributed by atoms with van der Waals surface area (Å²) in [5, 5.41) is 7.27. The van der Waals surface area contributed by atoms with E-state index in [-0.39, 0.29) is 12.5 Å². The highest BCUT2D eigenvalue weighted by molar-refractivity contribution is 6.30. The molecule has 0 unspecified atom stereocenters. The van der Waals surface area contributed by atoms with E-state index in [0.717, 1.165) is 5.56 Å². The number of halogens is 1. The fourth-order valence-corrected chi connectivity index (χ4v) is 1.79. The van der Waals surface area contributed by atoms with Crippen molar-refractivity contribution in [1.82, 2.24) is 15.5 Å². The van der Waals surface area contributed by atoms with Gasteiger partial charge in [-0.15, -0.1) is 0 Å². The number of nitrogens with zero attached hydrogens (tertiary/aromatic N) is 2. The monoisotopic (exact) mass is 293 g/mol. The standard InChI is InChI=1S/C14H16ClN3O2/c1-9(2)7-12(19)16-8-13-17-14(18-20-13)10-3-5-11(15)6-4-10/h3-6,9H,7-8H2,1-2H3,(H,16,19). The third-order valence-electron chi connectivity index (χ3n) is 2.60. The second kappa shape index (κ2) is 6.52. The molecule has 1 aromatic heterocycles. The minimum atomic E-state index is -0.0220. The first-order valence-electron chi connectivity index (χ1n) is 6.40. The number of carbonyl (C=O) groups excluding carboxylic acids is 1. The Balaban J connectivity index is 1.95. The predicted octanol–water partition coefficient (Wildman–Crippen LogP) is 3.05. The molecule has 1 N–H and O–H groups in total. The third-order valence-corrected chi connectivity index (χ3v) is 2.85. The molecule has 0 spiro atoms. The zero-order valence-electron chi connectivity index (χ0n) is 11.4. The summed E-state index contributed by atoms with van der Waals surface area (Å²) in [6, 6.07) is 7.15. The molecule has 1 aromatic carbocycles. The zero-order chi connectivity index (χ0) is 14.5. The summed E-state index contributed by atoms with van der Waals surface area (Å²) in [7, 11) is 0. The van der Waals surface area contributed by atoms with Crippen LogP contribution < -0.4 is 5.32 Å². The summed E-state index contributed by atoms with van der Waals surface area (Å²) < 4.78 is 5.10. The molecule has 5 nitrogen and oxygen atoms in total. The molecule has 0 atom stereocenters. The second-order valence-corrected chi connectivity index (χ2v) is 5.33. The maximum Gasteiger partial charge on any atom is 0.246 e. The van der Waals surface area contributed by atoms with Crippen LogP contribution in [0.5, 0.6) is 0 Å². The Morgan fingerprint density at radius 2 is 2.05 bits per heavy atom. The average Bonchev–Trinajstić information content (AvgIpc) is 2.85. The molecule has 0 fully saturated rings. The van der Waals surface area contributed by atoms with E-state index in [1.54, 1.807) is 12.1 Å². The normalized spacial score (nSPS) is 10.8. The fourth-order valence-electron chi connectivity index (χ4n) is 1.66. The van der Waals surface area contributed by atoms with Crippen molar-refractivity contribution in [2.24, 2.45) is 5.92 Å². The molecular weight excluding hydrogens is 278 g/mol. The number of amides is 1. The molecule has 6 heteroatoms. The van der Waals surface area contributed by atoms with Gasteiger partial charge in [-0.3, -0.25) is 4.79 Å². The van der Waals surface area contributed by atoms with Gasteiger partial charge in [0.2, 0.25) is 17.6 Å². The quantitative estimate of drug-likeness (QED) is 0.920. The highest BCUT2D eigenvalue weighted by Crippen LogP contribution is 2.18. The van der Waals surface area contributed by atoms with Crippen LogP contribution >= 0.6 is 11.6 Å². The number of benzene rings is 1. The van der Waals surface area contributed by atoms with Crippen LogP contribution in [0.4, 0.5) is 0 Å². The Morgan fingerprint density at radius 1 is 1.35 bits per heavy atom. The van der Waals surface area contributed by atoms with Gasteiger partial charge in [0, 0.05) is 17.0 Å².